The molecule has 4 heterocycles. The predicted octanol–water partition coefficient (Wildman–Crippen LogP) is 38.1. The molecule has 3 nitrogen and oxygen atoms in total. The maximum atomic E-state index is 14.2. The Balaban J connectivity index is 1.03. The van der Waals surface area contributed by atoms with E-state index in [2.05, 4.69) is 203 Å². The Hall–Kier alpha value is -6.70. The Morgan fingerprint density at radius 3 is 0.976 bits per heavy atom. The van der Waals surface area contributed by atoms with E-state index >= 15 is 0 Å². The van der Waals surface area contributed by atoms with E-state index in [4.69, 9.17) is 0 Å². The molecule has 10 aromatic rings. The van der Waals surface area contributed by atoms with Gasteiger partial charge in [-0.1, -0.05) is 434 Å². The average molecular weight is 1710 g/mol. The van der Waals surface area contributed by atoms with Gasteiger partial charge in [0, 0.05) is 37.4 Å². The number of thiophene rings is 3. The van der Waals surface area contributed by atoms with Crippen molar-refractivity contribution < 1.29 is 9.59 Å². The molecular weight excluding hydrogens is 1550 g/mol. The second-order valence-corrected chi connectivity index (χ2v) is 42.3. The molecule has 0 saturated carbocycles. The summed E-state index contributed by atoms with van der Waals surface area (Å²) in [5, 5.41) is 5.71. The molecule has 13 rings (SSSR count). The summed E-state index contributed by atoms with van der Waals surface area (Å²) in [6, 6.07) is 56.2. The number of nitrogens with zero attached hydrogens (tertiary/aromatic N) is 1. The molecule has 2 aliphatic carbocycles. The van der Waals surface area contributed by atoms with Crippen LogP contribution in [0.25, 0.3) is 96.0 Å². The van der Waals surface area contributed by atoms with E-state index in [0.717, 1.165) is 45.2 Å². The standard InChI is InChI=1S/C117H157NO2S3/c1-12-20-28-36-40-44-52-86(53-45-41-37-29-21-13-2)77-88-59-65-98-99(79-88)108(91-61-67-95-93-63-56-84(9)76-101(93)116(103(95)82-91,72-48-32-24-16-5)73-49-33-25-17-6)97-64-58-89(78-87(54-46-42-38-30-22-14-3)55-47-43-39-31-23-15-4)80-100(97)109(98)92-62-68-96-94-66-60-90(81-102(94)117(104(96)83-92,74-50-34-26-18-7)75-51-35-27-19-8)105-70-71-107(122-105)113-111-110(114(119)118(11)115(111)120)112(123-113)106-69-57-85(10)121-106/h56-71,76,79-83,86-87H,12-55,72-75,77-78H2,1-11H3. The molecule has 3 aliphatic rings. The van der Waals surface area contributed by atoms with Gasteiger partial charge in [-0.15, -0.1) is 34.0 Å². The number of rotatable bonds is 57. The second kappa shape index (κ2) is 46.9. The van der Waals surface area contributed by atoms with E-state index in [1.807, 2.05) is 0 Å². The minimum atomic E-state index is -0.205. The van der Waals surface area contributed by atoms with Gasteiger partial charge in [0.15, 0.2) is 0 Å². The number of hydrogen-bond acceptors (Lipinski definition) is 5. The van der Waals surface area contributed by atoms with Crippen molar-refractivity contribution in [2.75, 3.05) is 7.05 Å². The van der Waals surface area contributed by atoms with Gasteiger partial charge in [0.2, 0.25) is 0 Å². The number of imide groups is 1. The first-order valence-corrected chi connectivity index (χ1v) is 53.5. The third-order valence-electron chi connectivity index (χ3n) is 29.5. The monoisotopic (exact) mass is 1700 g/mol. The summed E-state index contributed by atoms with van der Waals surface area (Å²) in [5.41, 5.74) is 24.2. The van der Waals surface area contributed by atoms with E-state index in [9.17, 15) is 9.59 Å². The van der Waals surface area contributed by atoms with Gasteiger partial charge in [0.1, 0.15) is 0 Å². The van der Waals surface area contributed by atoms with Crippen LogP contribution in [0.5, 0.6) is 0 Å². The van der Waals surface area contributed by atoms with E-state index in [1.54, 1.807) is 52.2 Å². The van der Waals surface area contributed by atoms with Crippen molar-refractivity contribution >= 4 is 67.4 Å². The molecule has 3 aromatic heterocycles. The first kappa shape index (κ1) is 93.9. The summed E-state index contributed by atoms with van der Waals surface area (Å²) >= 11 is 5.11. The highest BCUT2D eigenvalue weighted by Crippen LogP contribution is 2.60. The van der Waals surface area contributed by atoms with Crippen molar-refractivity contribution in [3.63, 3.8) is 0 Å². The van der Waals surface area contributed by atoms with Crippen LogP contribution in [0.15, 0.2) is 133 Å². The summed E-state index contributed by atoms with van der Waals surface area (Å²) in [5.74, 6) is 0.927. The Labute approximate surface area is 759 Å². The maximum absolute atomic E-state index is 14.2. The summed E-state index contributed by atoms with van der Waals surface area (Å²) < 4.78 is 0. The van der Waals surface area contributed by atoms with Gasteiger partial charge < -0.3 is 0 Å². The van der Waals surface area contributed by atoms with Crippen molar-refractivity contribution in [3.05, 3.63) is 188 Å². The lowest BCUT2D eigenvalue weighted by Crippen LogP contribution is -2.25. The largest absolute Gasteiger partial charge is 0.277 e. The number of carbonyl (C=O) groups is 2. The molecule has 6 heteroatoms. The van der Waals surface area contributed by atoms with Gasteiger partial charge in [-0.3, -0.25) is 14.5 Å². The van der Waals surface area contributed by atoms with E-state index in [-0.39, 0.29) is 22.6 Å². The van der Waals surface area contributed by atoms with Crippen LogP contribution < -0.4 is 0 Å². The third kappa shape index (κ3) is 22.4. The molecular formula is C117H157NO2S3. The van der Waals surface area contributed by atoms with E-state index in [0.29, 0.717) is 23.0 Å². The second-order valence-electron chi connectivity index (χ2n) is 38.9. The highest BCUT2D eigenvalue weighted by Gasteiger charge is 2.46. The molecule has 0 atom stereocenters. The molecule has 660 valence electrons. The smallest absolute Gasteiger partial charge is 0.262 e. The maximum Gasteiger partial charge on any atom is 0.262 e. The van der Waals surface area contributed by atoms with Crippen molar-refractivity contribution in [2.24, 2.45) is 11.8 Å². The molecule has 0 unspecified atom stereocenters. The Morgan fingerprint density at radius 1 is 0.285 bits per heavy atom. The zero-order chi connectivity index (χ0) is 86.1. The van der Waals surface area contributed by atoms with Gasteiger partial charge in [-0.2, -0.15) is 0 Å². The lowest BCUT2D eigenvalue weighted by atomic mass is 9.69. The van der Waals surface area contributed by atoms with Gasteiger partial charge in [0.25, 0.3) is 11.8 Å². The zero-order valence-corrected chi connectivity index (χ0v) is 81.1. The number of amides is 2. The molecule has 0 bridgehead atoms. The van der Waals surface area contributed by atoms with Crippen molar-refractivity contribution in [1.82, 2.24) is 4.90 Å². The molecule has 0 N–H and O–H groups in total. The number of unbranched alkanes of at least 4 members (excludes halogenated alkanes) is 32. The van der Waals surface area contributed by atoms with Crippen molar-refractivity contribution in [1.29, 1.82) is 0 Å². The highest BCUT2D eigenvalue weighted by atomic mass is 32.1. The quantitative estimate of drug-likeness (QED) is 0.0216. The molecule has 0 radical (unpaired) electrons. The van der Waals surface area contributed by atoms with Gasteiger partial charge >= 0.3 is 0 Å². The van der Waals surface area contributed by atoms with Crippen LogP contribution in [-0.2, 0) is 23.7 Å². The van der Waals surface area contributed by atoms with Crippen molar-refractivity contribution in [3.8, 4) is 74.5 Å². The highest BCUT2D eigenvalue weighted by molar-refractivity contribution is 7.28. The summed E-state index contributed by atoms with van der Waals surface area (Å²) in [6.07, 6.45) is 64.4. The molecule has 0 spiro atoms. The number of aryl methyl sites for hydroxylation is 2. The fraction of sp³-hybridized carbons (Fsp3) is 0.556. The summed E-state index contributed by atoms with van der Waals surface area (Å²) in [4.78, 5) is 36.0. The predicted molar refractivity (Wildman–Crippen MR) is 542 cm³/mol. The van der Waals surface area contributed by atoms with E-state index < -0.39 is 0 Å². The fourth-order valence-corrected chi connectivity index (χ4v) is 25.9. The van der Waals surface area contributed by atoms with Crippen LogP contribution in [-0.4, -0.2) is 23.8 Å². The molecule has 2 amide bonds. The van der Waals surface area contributed by atoms with Gasteiger partial charge in [-0.05, 0) is 212 Å². The lowest BCUT2D eigenvalue weighted by molar-refractivity contribution is 0.0693. The third-order valence-corrected chi connectivity index (χ3v) is 33.1. The Kier molecular flexibility index (Phi) is 35.8. The lowest BCUT2D eigenvalue weighted by Gasteiger charge is -2.34. The minimum absolute atomic E-state index is 0.0471. The molecule has 0 fully saturated rings. The SMILES string of the molecule is CCCCCCCCC(CCCCCCCC)Cc1ccc2c(-c3ccc4c(c3)C(CCCCCC)(CCCCCC)c3cc(-c5ccc(-c6sc(-c7ccc(C)s7)c7c6C(=O)N(C)C7=O)s5)ccc3-4)c3cc(CC(CCCCCCCC)CCCCCCCC)ccc3c(-c3ccc4c(c3)C(CCCCCC)(CCCCCC)c3cc(C)ccc3-4)c2c1. The average Bonchev–Trinajstić information content (AvgIpc) is 1.54. The molecule has 1 aliphatic heterocycles. The fourth-order valence-electron chi connectivity index (χ4n) is 22.5. The van der Waals surface area contributed by atoms with Crippen molar-refractivity contribution in [2.45, 2.75) is 401 Å². The van der Waals surface area contributed by atoms with Crippen LogP contribution in [0.3, 0.4) is 0 Å². The summed E-state index contributed by atoms with van der Waals surface area (Å²) in [7, 11) is 1.65. The minimum Gasteiger partial charge on any atom is -0.277 e. The Bertz CT molecular complexity index is 4990. The molecule has 0 saturated heterocycles. The van der Waals surface area contributed by atoms with Crippen LogP contribution in [0.1, 0.15) is 428 Å². The topological polar surface area (TPSA) is 37.4 Å². The number of benzene rings is 7. The zero-order valence-electron chi connectivity index (χ0n) is 78.7. The number of hydrogen-bond donors (Lipinski definition) is 0. The van der Waals surface area contributed by atoms with Gasteiger partial charge in [-0.25, -0.2) is 0 Å². The Morgan fingerprint density at radius 2 is 0.602 bits per heavy atom. The van der Waals surface area contributed by atoms with Crippen LogP contribution >= 0.6 is 34.0 Å². The normalized spacial score (nSPS) is 13.8. The van der Waals surface area contributed by atoms with Crippen LogP contribution in [0.2, 0.25) is 0 Å². The first-order chi connectivity index (χ1) is 60.3. The summed E-state index contributed by atoms with van der Waals surface area (Å²) in [6.45, 7) is 23.4. The first-order valence-electron chi connectivity index (χ1n) is 51.0. The molecule has 7 aromatic carbocycles. The number of carbonyl (C=O) groups excluding carboxylic acids is 2. The number of fused-ring (bicyclic) bond motifs is 9. The van der Waals surface area contributed by atoms with Gasteiger partial charge in [0.05, 0.1) is 20.9 Å². The molecule has 123 heavy (non-hydrogen) atoms. The van der Waals surface area contributed by atoms with Crippen LogP contribution in [0.4, 0.5) is 0 Å². The van der Waals surface area contributed by atoms with E-state index in [1.165, 1.54) is 409 Å². The van der Waals surface area contributed by atoms with Crippen LogP contribution in [0, 0.1) is 25.7 Å².